The number of carbonyl (C=O) groups excluding carboxylic acids is 1. The van der Waals surface area contributed by atoms with Gasteiger partial charge in [-0.15, -0.1) is 0 Å². The SMILES string of the molecule is CC(C)(C)OC(=O)N1CCN(Cc2cc(F)c(Br)cc2Cl)CC1. The number of amides is 1. The number of carbonyl (C=O) groups is 1. The lowest BCUT2D eigenvalue weighted by Gasteiger charge is -2.35. The molecule has 0 spiro atoms. The Bertz CT molecular complexity index is 584. The van der Waals surface area contributed by atoms with E-state index in [4.69, 9.17) is 16.3 Å². The summed E-state index contributed by atoms with van der Waals surface area (Å²) in [6.07, 6.45) is -0.287. The zero-order valence-electron chi connectivity index (χ0n) is 13.5. The molecule has 1 heterocycles. The average Bonchev–Trinajstić information content (AvgIpc) is 2.43. The molecule has 1 amide bonds. The van der Waals surface area contributed by atoms with Crippen LogP contribution in [0.1, 0.15) is 26.3 Å². The standard InChI is InChI=1S/C16H21BrClFN2O2/c1-16(2,3)23-15(22)21-6-4-20(5-7-21)10-11-8-14(19)12(17)9-13(11)18/h8-9H,4-7,10H2,1-3H3. The molecule has 7 heteroatoms. The second kappa shape index (κ2) is 7.36. The van der Waals surface area contributed by atoms with Gasteiger partial charge in [-0.3, -0.25) is 4.90 Å². The molecule has 4 nitrogen and oxygen atoms in total. The molecule has 0 N–H and O–H groups in total. The molecule has 23 heavy (non-hydrogen) atoms. The van der Waals surface area contributed by atoms with Crippen molar-refractivity contribution in [3.8, 4) is 0 Å². The first-order valence-corrected chi connectivity index (χ1v) is 8.66. The van der Waals surface area contributed by atoms with Crippen LogP contribution in [0, 0.1) is 5.82 Å². The first-order chi connectivity index (χ1) is 10.7. The molecule has 128 valence electrons. The van der Waals surface area contributed by atoms with Gasteiger partial charge in [0.05, 0.1) is 4.47 Å². The predicted octanol–water partition coefficient (Wildman–Crippen LogP) is 4.29. The Balaban J connectivity index is 1.90. The maximum atomic E-state index is 13.6. The minimum Gasteiger partial charge on any atom is -0.444 e. The van der Waals surface area contributed by atoms with Crippen LogP contribution in [0.4, 0.5) is 9.18 Å². The van der Waals surface area contributed by atoms with E-state index >= 15 is 0 Å². The highest BCUT2D eigenvalue weighted by Gasteiger charge is 2.26. The molecule has 0 saturated carbocycles. The quantitative estimate of drug-likeness (QED) is 0.686. The average molecular weight is 408 g/mol. The number of hydrogen-bond donors (Lipinski definition) is 0. The highest BCUT2D eigenvalue weighted by Crippen LogP contribution is 2.26. The summed E-state index contributed by atoms with van der Waals surface area (Å²) in [6, 6.07) is 3.02. The van der Waals surface area contributed by atoms with Crippen LogP contribution < -0.4 is 0 Å². The van der Waals surface area contributed by atoms with Crippen LogP contribution in [0.2, 0.25) is 5.02 Å². The van der Waals surface area contributed by atoms with Crippen LogP contribution in [-0.4, -0.2) is 47.7 Å². The van der Waals surface area contributed by atoms with E-state index in [0.717, 1.165) is 5.56 Å². The third-order valence-electron chi connectivity index (χ3n) is 3.51. The van der Waals surface area contributed by atoms with Crippen LogP contribution in [0.25, 0.3) is 0 Å². The number of nitrogens with zero attached hydrogens (tertiary/aromatic N) is 2. The fourth-order valence-electron chi connectivity index (χ4n) is 2.34. The van der Waals surface area contributed by atoms with Crippen molar-refractivity contribution >= 4 is 33.6 Å². The smallest absolute Gasteiger partial charge is 0.410 e. The van der Waals surface area contributed by atoms with E-state index in [1.54, 1.807) is 11.0 Å². The minimum atomic E-state index is -0.489. The van der Waals surface area contributed by atoms with Crippen molar-refractivity contribution in [3.05, 3.63) is 33.0 Å². The topological polar surface area (TPSA) is 32.8 Å². The second-order valence-electron chi connectivity index (χ2n) is 6.60. The Morgan fingerprint density at radius 3 is 2.48 bits per heavy atom. The molecular weight excluding hydrogens is 387 g/mol. The summed E-state index contributed by atoms with van der Waals surface area (Å²) >= 11 is 9.29. The highest BCUT2D eigenvalue weighted by molar-refractivity contribution is 9.10. The van der Waals surface area contributed by atoms with E-state index in [-0.39, 0.29) is 11.9 Å². The normalized spacial score (nSPS) is 16.5. The number of piperazine rings is 1. The Morgan fingerprint density at radius 2 is 1.91 bits per heavy atom. The van der Waals surface area contributed by atoms with E-state index in [0.29, 0.717) is 42.2 Å². The van der Waals surface area contributed by atoms with E-state index in [9.17, 15) is 9.18 Å². The number of ether oxygens (including phenoxy) is 1. The first kappa shape index (κ1) is 18.5. The van der Waals surface area contributed by atoms with Crippen molar-refractivity contribution in [2.24, 2.45) is 0 Å². The summed E-state index contributed by atoms with van der Waals surface area (Å²) in [5.41, 5.74) is 0.259. The summed E-state index contributed by atoms with van der Waals surface area (Å²) in [5, 5.41) is 0.535. The second-order valence-corrected chi connectivity index (χ2v) is 7.86. The van der Waals surface area contributed by atoms with Crippen LogP contribution in [0.5, 0.6) is 0 Å². The van der Waals surface area contributed by atoms with Gasteiger partial charge >= 0.3 is 6.09 Å². The fraction of sp³-hybridized carbons (Fsp3) is 0.562. The van der Waals surface area contributed by atoms with Gasteiger partial charge in [-0.2, -0.15) is 0 Å². The summed E-state index contributed by atoms with van der Waals surface area (Å²) in [7, 11) is 0. The molecule has 1 aromatic carbocycles. The van der Waals surface area contributed by atoms with Gasteiger partial charge in [0.1, 0.15) is 11.4 Å². The van der Waals surface area contributed by atoms with E-state index in [1.807, 2.05) is 20.8 Å². The summed E-state index contributed by atoms with van der Waals surface area (Å²) in [5.74, 6) is -0.322. The molecule has 0 aliphatic carbocycles. The van der Waals surface area contributed by atoms with Gasteiger partial charge in [0.15, 0.2) is 0 Å². The molecule has 0 radical (unpaired) electrons. The minimum absolute atomic E-state index is 0.287. The monoisotopic (exact) mass is 406 g/mol. The molecule has 2 rings (SSSR count). The van der Waals surface area contributed by atoms with Gasteiger partial charge in [-0.25, -0.2) is 9.18 Å². The third kappa shape index (κ3) is 5.33. The maximum Gasteiger partial charge on any atom is 0.410 e. The summed E-state index contributed by atoms with van der Waals surface area (Å²) < 4.78 is 19.4. The van der Waals surface area contributed by atoms with Crippen molar-refractivity contribution in [1.29, 1.82) is 0 Å². The Labute approximate surface area is 149 Å². The Morgan fingerprint density at radius 1 is 1.30 bits per heavy atom. The molecule has 0 aromatic heterocycles. The van der Waals surface area contributed by atoms with Gasteiger partial charge in [0.25, 0.3) is 0 Å². The zero-order chi connectivity index (χ0) is 17.2. The molecular formula is C16H21BrClFN2O2. The third-order valence-corrected chi connectivity index (χ3v) is 4.47. The van der Waals surface area contributed by atoms with Gasteiger partial charge in [0.2, 0.25) is 0 Å². The van der Waals surface area contributed by atoms with Crippen LogP contribution in [-0.2, 0) is 11.3 Å². The molecule has 1 fully saturated rings. The summed E-state index contributed by atoms with van der Waals surface area (Å²) in [6.45, 7) is 8.70. The van der Waals surface area contributed by atoms with Crippen molar-refractivity contribution in [1.82, 2.24) is 9.80 Å². The maximum absolute atomic E-state index is 13.6. The molecule has 1 aliphatic rings. The molecule has 1 saturated heterocycles. The van der Waals surface area contributed by atoms with Crippen molar-refractivity contribution in [2.45, 2.75) is 32.9 Å². The van der Waals surface area contributed by atoms with Crippen molar-refractivity contribution in [3.63, 3.8) is 0 Å². The van der Waals surface area contributed by atoms with Crippen molar-refractivity contribution in [2.75, 3.05) is 26.2 Å². The van der Waals surface area contributed by atoms with E-state index < -0.39 is 5.60 Å². The lowest BCUT2D eigenvalue weighted by Crippen LogP contribution is -2.49. The van der Waals surface area contributed by atoms with E-state index in [2.05, 4.69) is 20.8 Å². The van der Waals surface area contributed by atoms with Crippen LogP contribution in [0.3, 0.4) is 0 Å². The van der Waals surface area contributed by atoms with Crippen LogP contribution in [0.15, 0.2) is 16.6 Å². The van der Waals surface area contributed by atoms with Crippen LogP contribution >= 0.6 is 27.5 Å². The zero-order valence-corrected chi connectivity index (χ0v) is 15.9. The highest BCUT2D eigenvalue weighted by atomic mass is 79.9. The molecule has 1 aliphatic heterocycles. The number of benzene rings is 1. The number of hydrogen-bond acceptors (Lipinski definition) is 3. The molecule has 1 aromatic rings. The van der Waals surface area contributed by atoms with Gasteiger partial charge < -0.3 is 9.64 Å². The Kier molecular flexibility index (Phi) is 5.92. The molecule has 0 atom stereocenters. The number of halogens is 3. The Hall–Kier alpha value is -0.850. The fourth-order valence-corrected chi connectivity index (χ4v) is 3.04. The summed E-state index contributed by atoms with van der Waals surface area (Å²) in [4.78, 5) is 15.9. The molecule has 0 unspecified atom stereocenters. The first-order valence-electron chi connectivity index (χ1n) is 7.49. The lowest BCUT2D eigenvalue weighted by atomic mass is 10.2. The molecule has 0 bridgehead atoms. The van der Waals surface area contributed by atoms with Gasteiger partial charge in [-0.05, 0) is 54.4 Å². The largest absolute Gasteiger partial charge is 0.444 e. The lowest BCUT2D eigenvalue weighted by molar-refractivity contribution is 0.0139. The van der Waals surface area contributed by atoms with Gasteiger partial charge in [0, 0.05) is 37.7 Å². The van der Waals surface area contributed by atoms with E-state index in [1.165, 1.54) is 6.07 Å². The predicted molar refractivity (Wildman–Crippen MR) is 92.2 cm³/mol. The van der Waals surface area contributed by atoms with Gasteiger partial charge in [-0.1, -0.05) is 11.6 Å². The van der Waals surface area contributed by atoms with Crippen molar-refractivity contribution < 1.29 is 13.9 Å². The number of rotatable bonds is 2.